The van der Waals surface area contributed by atoms with Crippen LogP contribution in [-0.4, -0.2) is 37.1 Å². The fraction of sp³-hybridized carbons (Fsp3) is 0.667. The third-order valence-electron chi connectivity index (χ3n) is 5.11. The number of benzene rings is 1. The molecular weight excluding hydrogens is 244 g/mol. The second-order valence-electron chi connectivity index (χ2n) is 6.60. The average Bonchev–Trinajstić information content (AvgIpc) is 2.51. The van der Waals surface area contributed by atoms with E-state index in [4.69, 9.17) is 0 Å². The first-order chi connectivity index (χ1) is 9.74. The average molecular weight is 272 g/mol. The highest BCUT2D eigenvalue weighted by molar-refractivity contribution is 5.55. The number of rotatable bonds is 2. The van der Waals surface area contributed by atoms with Crippen LogP contribution in [0.2, 0.25) is 0 Å². The largest absolute Gasteiger partial charge is 0.369 e. The normalized spacial score (nSPS) is 22.2. The molecule has 0 amide bonds. The van der Waals surface area contributed by atoms with Gasteiger partial charge in [-0.05, 0) is 43.9 Å². The number of hydrogen-bond acceptors (Lipinski definition) is 2. The Labute approximate surface area is 123 Å². The molecule has 3 rings (SSSR count). The topological polar surface area (TPSA) is 6.48 Å². The molecule has 0 spiro atoms. The van der Waals surface area contributed by atoms with Gasteiger partial charge in [-0.15, -0.1) is 0 Å². The third kappa shape index (κ3) is 3.01. The zero-order chi connectivity index (χ0) is 13.9. The molecule has 0 radical (unpaired) electrons. The Kier molecular flexibility index (Phi) is 4.30. The molecule has 1 aromatic carbocycles. The van der Waals surface area contributed by atoms with Crippen LogP contribution in [0.5, 0.6) is 0 Å². The molecule has 1 aliphatic heterocycles. The molecule has 1 heterocycles. The molecule has 1 saturated carbocycles. The summed E-state index contributed by atoms with van der Waals surface area (Å²) in [5.41, 5.74) is 4.25. The van der Waals surface area contributed by atoms with Gasteiger partial charge in [-0.1, -0.05) is 31.4 Å². The zero-order valence-corrected chi connectivity index (χ0v) is 13.1. The van der Waals surface area contributed by atoms with Crippen LogP contribution in [0.25, 0.3) is 0 Å². The van der Waals surface area contributed by atoms with Crippen molar-refractivity contribution in [3.8, 4) is 0 Å². The highest BCUT2D eigenvalue weighted by atomic mass is 15.3. The van der Waals surface area contributed by atoms with Crippen LogP contribution in [0.1, 0.15) is 43.2 Å². The number of hydrogen-bond donors (Lipinski definition) is 0. The van der Waals surface area contributed by atoms with Crippen molar-refractivity contribution in [1.29, 1.82) is 0 Å². The summed E-state index contributed by atoms with van der Waals surface area (Å²) in [6, 6.07) is 7.71. The van der Waals surface area contributed by atoms with E-state index in [0.717, 1.165) is 6.04 Å². The predicted molar refractivity (Wildman–Crippen MR) is 86.6 cm³/mol. The smallest absolute Gasteiger partial charge is 0.0399 e. The Bertz CT molecular complexity index is 441. The van der Waals surface area contributed by atoms with Crippen LogP contribution >= 0.6 is 0 Å². The van der Waals surface area contributed by atoms with Crippen LogP contribution in [0, 0.1) is 13.8 Å². The monoisotopic (exact) mass is 272 g/mol. The van der Waals surface area contributed by atoms with Gasteiger partial charge in [-0.25, -0.2) is 0 Å². The molecule has 20 heavy (non-hydrogen) atoms. The number of aryl methyl sites for hydroxylation is 2. The van der Waals surface area contributed by atoms with Gasteiger partial charge in [0.2, 0.25) is 0 Å². The molecule has 2 aliphatic rings. The lowest BCUT2D eigenvalue weighted by Gasteiger charge is -2.42. The second kappa shape index (κ2) is 6.17. The van der Waals surface area contributed by atoms with Crippen molar-refractivity contribution < 1.29 is 0 Å². The summed E-state index contributed by atoms with van der Waals surface area (Å²) in [4.78, 5) is 5.34. The predicted octanol–water partition coefficient (Wildman–Crippen LogP) is 3.76. The molecule has 0 aromatic heterocycles. The van der Waals surface area contributed by atoms with Gasteiger partial charge in [0, 0.05) is 37.9 Å². The molecule has 0 bridgehead atoms. The van der Waals surface area contributed by atoms with Crippen molar-refractivity contribution >= 4 is 5.69 Å². The third-order valence-corrected chi connectivity index (χ3v) is 5.11. The lowest BCUT2D eigenvalue weighted by Crippen LogP contribution is -2.51. The van der Waals surface area contributed by atoms with Crippen LogP contribution in [0.3, 0.4) is 0 Å². The van der Waals surface area contributed by atoms with E-state index >= 15 is 0 Å². The van der Waals surface area contributed by atoms with Gasteiger partial charge in [-0.2, -0.15) is 0 Å². The molecule has 2 heteroatoms. The summed E-state index contributed by atoms with van der Waals surface area (Å²) in [7, 11) is 0. The van der Waals surface area contributed by atoms with Gasteiger partial charge in [-0.3, -0.25) is 4.90 Å². The summed E-state index contributed by atoms with van der Waals surface area (Å²) in [5, 5.41) is 0. The van der Waals surface area contributed by atoms with Gasteiger partial charge in [0.25, 0.3) is 0 Å². The highest BCUT2D eigenvalue weighted by Gasteiger charge is 2.25. The maximum atomic E-state index is 2.75. The quantitative estimate of drug-likeness (QED) is 0.809. The Morgan fingerprint density at radius 3 is 2.30 bits per heavy atom. The van der Waals surface area contributed by atoms with Crippen molar-refractivity contribution in [1.82, 2.24) is 4.90 Å². The number of anilines is 1. The van der Waals surface area contributed by atoms with Gasteiger partial charge < -0.3 is 4.90 Å². The standard InChI is InChI=1S/C18H28N2/c1-15-8-9-16(2)18(14-15)20-12-10-19(11-13-20)17-6-4-3-5-7-17/h8-9,14,17H,3-7,10-13H2,1-2H3. The van der Waals surface area contributed by atoms with Crippen LogP contribution < -0.4 is 4.90 Å². The van der Waals surface area contributed by atoms with Crippen molar-refractivity contribution in [2.45, 2.75) is 52.0 Å². The first-order valence-corrected chi connectivity index (χ1v) is 8.30. The van der Waals surface area contributed by atoms with E-state index in [0.29, 0.717) is 0 Å². The van der Waals surface area contributed by atoms with E-state index in [9.17, 15) is 0 Å². The van der Waals surface area contributed by atoms with Gasteiger partial charge in [0.1, 0.15) is 0 Å². The summed E-state index contributed by atoms with van der Waals surface area (Å²) in [6.45, 7) is 9.32. The number of piperazine rings is 1. The zero-order valence-electron chi connectivity index (χ0n) is 13.1. The van der Waals surface area contributed by atoms with E-state index in [1.54, 1.807) is 0 Å². The lowest BCUT2D eigenvalue weighted by molar-refractivity contribution is 0.148. The van der Waals surface area contributed by atoms with Crippen LogP contribution in [-0.2, 0) is 0 Å². The van der Waals surface area contributed by atoms with Gasteiger partial charge in [0.15, 0.2) is 0 Å². The molecule has 0 N–H and O–H groups in total. The van der Waals surface area contributed by atoms with Gasteiger partial charge in [0.05, 0.1) is 0 Å². The fourth-order valence-corrected chi connectivity index (χ4v) is 3.83. The first-order valence-electron chi connectivity index (χ1n) is 8.30. The molecule has 110 valence electrons. The molecular formula is C18H28N2. The lowest BCUT2D eigenvalue weighted by atomic mass is 9.94. The van der Waals surface area contributed by atoms with Crippen LogP contribution in [0.15, 0.2) is 18.2 Å². The molecule has 0 atom stereocenters. The minimum atomic E-state index is 0.879. The van der Waals surface area contributed by atoms with E-state index in [1.165, 1.54) is 75.1 Å². The molecule has 1 saturated heterocycles. The first kappa shape index (κ1) is 13.9. The second-order valence-corrected chi connectivity index (χ2v) is 6.60. The fourth-order valence-electron chi connectivity index (χ4n) is 3.83. The van der Waals surface area contributed by atoms with Crippen molar-refractivity contribution in [2.24, 2.45) is 0 Å². The van der Waals surface area contributed by atoms with Crippen molar-refractivity contribution in [3.63, 3.8) is 0 Å². The highest BCUT2D eigenvalue weighted by Crippen LogP contribution is 2.26. The maximum absolute atomic E-state index is 2.75. The SMILES string of the molecule is Cc1ccc(C)c(N2CCN(C3CCCCC3)CC2)c1. The minimum Gasteiger partial charge on any atom is -0.369 e. The van der Waals surface area contributed by atoms with E-state index in [1.807, 2.05) is 0 Å². The number of nitrogens with zero attached hydrogens (tertiary/aromatic N) is 2. The maximum Gasteiger partial charge on any atom is 0.0399 e. The summed E-state index contributed by atoms with van der Waals surface area (Å²) in [6.07, 6.45) is 7.22. The Morgan fingerprint density at radius 2 is 1.60 bits per heavy atom. The van der Waals surface area contributed by atoms with E-state index < -0.39 is 0 Å². The molecule has 1 aromatic rings. The van der Waals surface area contributed by atoms with Crippen molar-refractivity contribution in [2.75, 3.05) is 31.1 Å². The van der Waals surface area contributed by atoms with Gasteiger partial charge >= 0.3 is 0 Å². The van der Waals surface area contributed by atoms with Crippen LogP contribution in [0.4, 0.5) is 5.69 Å². The van der Waals surface area contributed by atoms with E-state index in [2.05, 4.69) is 41.8 Å². The Morgan fingerprint density at radius 1 is 0.900 bits per heavy atom. The summed E-state index contributed by atoms with van der Waals surface area (Å²) >= 11 is 0. The van der Waals surface area contributed by atoms with E-state index in [-0.39, 0.29) is 0 Å². The summed E-state index contributed by atoms with van der Waals surface area (Å²) in [5.74, 6) is 0. The minimum absolute atomic E-state index is 0.879. The molecule has 2 fully saturated rings. The Hall–Kier alpha value is -1.02. The Balaban J connectivity index is 1.61. The summed E-state index contributed by atoms with van der Waals surface area (Å²) < 4.78 is 0. The van der Waals surface area contributed by atoms with Crippen molar-refractivity contribution in [3.05, 3.63) is 29.3 Å². The molecule has 1 aliphatic carbocycles. The molecule has 2 nitrogen and oxygen atoms in total. The molecule has 0 unspecified atom stereocenters.